The third-order valence-corrected chi connectivity index (χ3v) is 3.71. The molecule has 0 fully saturated rings. The Labute approximate surface area is 157 Å². The molecule has 0 radical (unpaired) electrons. The number of amides is 2. The topological polar surface area (TPSA) is 92.6 Å². The van der Waals surface area contributed by atoms with Gasteiger partial charge >= 0.3 is 6.03 Å². The standard InChI is InChI=1S/C19H20N6O2/c1-15-5-6-16(12-21-15)17-4-2-10-27-11-3-9-25(14-23-17)19(26)24-18-7-8-20-13-22-18/h2,4-8,10,12-14H,3,9,11H2,1H3,(H,20,22,24,26)/b10-2+,17-4-,23-14+. The Morgan fingerprint density at radius 1 is 1.26 bits per heavy atom. The molecule has 0 unspecified atom stereocenters. The summed E-state index contributed by atoms with van der Waals surface area (Å²) in [6.45, 7) is 2.87. The van der Waals surface area contributed by atoms with Gasteiger partial charge in [-0.2, -0.15) is 0 Å². The summed E-state index contributed by atoms with van der Waals surface area (Å²) >= 11 is 0. The van der Waals surface area contributed by atoms with E-state index in [0.29, 0.717) is 31.1 Å². The normalized spacial score (nSPS) is 19.0. The number of urea groups is 1. The number of carbonyl (C=O) groups excluding carboxylic acids is 1. The Balaban J connectivity index is 1.82. The molecule has 0 saturated carbocycles. The summed E-state index contributed by atoms with van der Waals surface area (Å²) < 4.78 is 5.44. The van der Waals surface area contributed by atoms with Crippen LogP contribution in [0.4, 0.5) is 10.6 Å². The van der Waals surface area contributed by atoms with E-state index in [0.717, 1.165) is 11.3 Å². The van der Waals surface area contributed by atoms with Gasteiger partial charge in [-0.1, -0.05) is 0 Å². The Kier molecular flexibility index (Phi) is 6.24. The fourth-order valence-electron chi connectivity index (χ4n) is 2.29. The maximum atomic E-state index is 12.6. The van der Waals surface area contributed by atoms with Crippen LogP contribution in [0.1, 0.15) is 17.7 Å². The van der Waals surface area contributed by atoms with Gasteiger partial charge in [-0.05, 0) is 43.7 Å². The second-order valence-corrected chi connectivity index (χ2v) is 5.76. The summed E-state index contributed by atoms with van der Waals surface area (Å²) in [7, 11) is 0. The molecule has 8 nitrogen and oxygen atoms in total. The molecule has 1 aliphatic heterocycles. The van der Waals surface area contributed by atoms with Crippen molar-refractivity contribution in [3.05, 3.63) is 66.6 Å². The van der Waals surface area contributed by atoms with Crippen LogP contribution in [0.25, 0.3) is 5.70 Å². The molecule has 2 amide bonds. The van der Waals surface area contributed by atoms with E-state index in [1.165, 1.54) is 17.6 Å². The van der Waals surface area contributed by atoms with Crippen LogP contribution >= 0.6 is 0 Å². The molecule has 3 rings (SSSR count). The number of ether oxygens (including phenoxy) is 1. The van der Waals surface area contributed by atoms with E-state index >= 15 is 0 Å². The van der Waals surface area contributed by atoms with Crippen molar-refractivity contribution < 1.29 is 9.53 Å². The van der Waals surface area contributed by atoms with Crippen molar-refractivity contribution in [2.75, 3.05) is 18.5 Å². The lowest BCUT2D eigenvalue weighted by atomic mass is 10.2. The van der Waals surface area contributed by atoms with Crippen molar-refractivity contribution in [2.24, 2.45) is 4.99 Å². The van der Waals surface area contributed by atoms with Crippen LogP contribution in [-0.2, 0) is 4.74 Å². The molecule has 0 aliphatic carbocycles. The summed E-state index contributed by atoms with van der Waals surface area (Å²) in [5.41, 5.74) is 2.44. The fraction of sp³-hybridized carbons (Fsp3) is 0.211. The quantitative estimate of drug-likeness (QED) is 0.884. The smallest absolute Gasteiger partial charge is 0.328 e. The van der Waals surface area contributed by atoms with Crippen molar-refractivity contribution in [2.45, 2.75) is 13.3 Å². The predicted molar refractivity (Wildman–Crippen MR) is 103 cm³/mol. The second kappa shape index (κ2) is 9.23. The first-order valence-corrected chi connectivity index (χ1v) is 8.52. The Morgan fingerprint density at radius 2 is 2.19 bits per heavy atom. The zero-order chi connectivity index (χ0) is 18.9. The number of allylic oxidation sites excluding steroid dienone is 2. The molecule has 8 heteroatoms. The minimum Gasteiger partial charge on any atom is -0.501 e. The van der Waals surface area contributed by atoms with Crippen LogP contribution in [0.15, 0.2) is 60.3 Å². The van der Waals surface area contributed by atoms with Gasteiger partial charge in [0.15, 0.2) is 0 Å². The molecular weight excluding hydrogens is 344 g/mol. The van der Waals surface area contributed by atoms with Gasteiger partial charge in [-0.15, -0.1) is 0 Å². The maximum absolute atomic E-state index is 12.6. The molecule has 2 aromatic rings. The Hall–Kier alpha value is -3.55. The van der Waals surface area contributed by atoms with Gasteiger partial charge in [-0.25, -0.2) is 19.8 Å². The van der Waals surface area contributed by atoms with Gasteiger partial charge in [0.05, 0.1) is 24.9 Å². The fourth-order valence-corrected chi connectivity index (χ4v) is 2.29. The number of carbonyl (C=O) groups is 1. The molecule has 0 atom stereocenters. The number of nitrogens with zero attached hydrogens (tertiary/aromatic N) is 5. The average molecular weight is 364 g/mol. The molecule has 27 heavy (non-hydrogen) atoms. The molecule has 2 aromatic heterocycles. The Bertz CT molecular complexity index is 846. The molecule has 1 N–H and O–H groups in total. The number of anilines is 1. The number of nitrogens with one attached hydrogen (secondary N) is 1. The highest BCUT2D eigenvalue weighted by Crippen LogP contribution is 2.16. The number of aryl methyl sites for hydroxylation is 1. The van der Waals surface area contributed by atoms with E-state index in [1.54, 1.807) is 30.8 Å². The summed E-state index contributed by atoms with van der Waals surface area (Å²) in [6.07, 6.45) is 12.1. The van der Waals surface area contributed by atoms with E-state index in [2.05, 4.69) is 25.3 Å². The number of hydrogen-bond acceptors (Lipinski definition) is 6. The largest absolute Gasteiger partial charge is 0.501 e. The second-order valence-electron chi connectivity index (χ2n) is 5.76. The zero-order valence-corrected chi connectivity index (χ0v) is 14.9. The average Bonchev–Trinajstić information content (AvgIpc) is 2.74. The summed E-state index contributed by atoms with van der Waals surface area (Å²) in [5.74, 6) is 0.425. The minimum absolute atomic E-state index is 0.328. The van der Waals surface area contributed by atoms with Crippen LogP contribution in [0.2, 0.25) is 0 Å². The molecule has 0 spiro atoms. The number of aromatic nitrogens is 3. The molecule has 0 aromatic carbocycles. The third-order valence-electron chi connectivity index (χ3n) is 3.71. The van der Waals surface area contributed by atoms with Crippen LogP contribution in [0.3, 0.4) is 0 Å². The van der Waals surface area contributed by atoms with Gasteiger partial charge in [0, 0.05) is 30.2 Å². The van der Waals surface area contributed by atoms with E-state index in [1.807, 2.05) is 25.1 Å². The summed E-state index contributed by atoms with van der Waals surface area (Å²) in [6, 6.07) is 5.14. The third kappa shape index (κ3) is 5.46. The van der Waals surface area contributed by atoms with Crippen LogP contribution in [-0.4, -0.2) is 45.4 Å². The van der Waals surface area contributed by atoms with Crippen molar-refractivity contribution in [3.8, 4) is 0 Å². The number of pyridine rings is 1. The van der Waals surface area contributed by atoms with Crippen LogP contribution < -0.4 is 5.32 Å². The molecular formula is C19H20N6O2. The monoisotopic (exact) mass is 364 g/mol. The number of rotatable bonds is 2. The van der Waals surface area contributed by atoms with Gasteiger partial charge in [0.25, 0.3) is 0 Å². The van der Waals surface area contributed by atoms with Crippen molar-refractivity contribution in [1.29, 1.82) is 0 Å². The SMILES string of the molecule is Cc1ccc(C2=C/C=C/OCCCN(C(=O)Nc3ccncn3)\C=N\2)cn1. The van der Waals surface area contributed by atoms with Gasteiger partial charge < -0.3 is 4.74 Å². The minimum atomic E-state index is -0.328. The summed E-state index contributed by atoms with van der Waals surface area (Å²) in [4.78, 5) is 30.7. The van der Waals surface area contributed by atoms with Crippen LogP contribution in [0.5, 0.6) is 0 Å². The zero-order valence-electron chi connectivity index (χ0n) is 14.9. The van der Waals surface area contributed by atoms with Crippen molar-refractivity contribution in [3.63, 3.8) is 0 Å². The molecule has 0 bridgehead atoms. The van der Waals surface area contributed by atoms with Gasteiger partial charge in [-0.3, -0.25) is 15.2 Å². The lowest BCUT2D eigenvalue weighted by molar-refractivity contribution is 0.219. The van der Waals surface area contributed by atoms with Crippen molar-refractivity contribution in [1.82, 2.24) is 19.9 Å². The lowest BCUT2D eigenvalue weighted by Gasteiger charge is -2.18. The molecule has 3 heterocycles. The number of hydrogen-bond donors (Lipinski definition) is 1. The predicted octanol–water partition coefficient (Wildman–Crippen LogP) is 3.02. The lowest BCUT2D eigenvalue weighted by Crippen LogP contribution is -2.35. The van der Waals surface area contributed by atoms with Gasteiger partial charge in [0.1, 0.15) is 12.1 Å². The van der Waals surface area contributed by atoms with E-state index in [-0.39, 0.29) is 6.03 Å². The highest BCUT2D eigenvalue weighted by molar-refractivity contribution is 5.96. The van der Waals surface area contributed by atoms with E-state index < -0.39 is 0 Å². The van der Waals surface area contributed by atoms with E-state index in [4.69, 9.17) is 4.74 Å². The Morgan fingerprint density at radius 3 is 2.96 bits per heavy atom. The maximum Gasteiger partial charge on any atom is 0.328 e. The molecule has 0 saturated heterocycles. The first kappa shape index (κ1) is 18.2. The molecule has 138 valence electrons. The first-order chi connectivity index (χ1) is 13.2. The van der Waals surface area contributed by atoms with Crippen LogP contribution in [0, 0.1) is 6.92 Å². The molecule has 1 aliphatic rings. The van der Waals surface area contributed by atoms with Crippen molar-refractivity contribution >= 4 is 23.9 Å². The highest BCUT2D eigenvalue weighted by Gasteiger charge is 2.13. The highest BCUT2D eigenvalue weighted by atomic mass is 16.5. The number of aliphatic imine (C=N–C) groups is 1. The first-order valence-electron chi connectivity index (χ1n) is 8.52. The van der Waals surface area contributed by atoms with E-state index in [9.17, 15) is 4.79 Å². The van der Waals surface area contributed by atoms with Gasteiger partial charge in [0.2, 0.25) is 0 Å². The summed E-state index contributed by atoms with van der Waals surface area (Å²) in [5, 5.41) is 2.73.